The zero-order chi connectivity index (χ0) is 12.8. The number of benzene rings is 1. The highest BCUT2D eigenvalue weighted by molar-refractivity contribution is 5.36. The van der Waals surface area contributed by atoms with Crippen LogP contribution in [0.5, 0.6) is 5.75 Å². The van der Waals surface area contributed by atoms with Crippen LogP contribution in [0.25, 0.3) is 0 Å². The largest absolute Gasteiger partial charge is 0.493 e. The van der Waals surface area contributed by atoms with E-state index in [-0.39, 0.29) is 0 Å². The molecule has 94 valence electrons. The number of hydrogen-bond acceptors (Lipinski definition) is 3. The third kappa shape index (κ3) is 3.31. The van der Waals surface area contributed by atoms with Gasteiger partial charge in [-0.1, -0.05) is 12.1 Å². The van der Waals surface area contributed by atoms with E-state index in [2.05, 4.69) is 4.98 Å². The highest BCUT2D eigenvalue weighted by Crippen LogP contribution is 2.19. The molecule has 0 fully saturated rings. The Balaban J connectivity index is 1.94. The first-order valence-corrected chi connectivity index (χ1v) is 6.11. The standard InChI is InChI=1S/C15H18N2O/c1-12-2-3-14(11-16)10-15(12)18-9-6-13-4-7-17-8-5-13/h2-5,7-8,10H,6,9,11,16H2,1H3. The first-order chi connectivity index (χ1) is 8.79. The van der Waals surface area contributed by atoms with Crippen LogP contribution in [0.1, 0.15) is 16.7 Å². The van der Waals surface area contributed by atoms with Crippen LogP contribution in [-0.2, 0) is 13.0 Å². The monoisotopic (exact) mass is 242 g/mol. The topological polar surface area (TPSA) is 48.1 Å². The Kier molecular flexibility index (Phi) is 4.31. The summed E-state index contributed by atoms with van der Waals surface area (Å²) in [5.74, 6) is 0.923. The van der Waals surface area contributed by atoms with E-state index in [9.17, 15) is 0 Å². The number of nitrogens with zero attached hydrogens (tertiary/aromatic N) is 1. The summed E-state index contributed by atoms with van der Waals surface area (Å²) in [5, 5.41) is 0. The molecule has 0 aliphatic carbocycles. The Hall–Kier alpha value is -1.87. The second-order valence-electron chi connectivity index (χ2n) is 4.26. The number of aryl methyl sites for hydroxylation is 1. The van der Waals surface area contributed by atoms with Crippen molar-refractivity contribution in [3.63, 3.8) is 0 Å². The van der Waals surface area contributed by atoms with E-state index in [1.54, 1.807) is 12.4 Å². The van der Waals surface area contributed by atoms with Gasteiger partial charge in [-0.15, -0.1) is 0 Å². The lowest BCUT2D eigenvalue weighted by atomic mass is 10.1. The van der Waals surface area contributed by atoms with E-state index in [4.69, 9.17) is 10.5 Å². The fourth-order valence-electron chi connectivity index (χ4n) is 1.76. The second-order valence-corrected chi connectivity index (χ2v) is 4.26. The molecule has 0 saturated carbocycles. The lowest BCUT2D eigenvalue weighted by molar-refractivity contribution is 0.319. The van der Waals surface area contributed by atoms with Gasteiger partial charge in [0.15, 0.2) is 0 Å². The first-order valence-electron chi connectivity index (χ1n) is 6.11. The predicted octanol–water partition coefficient (Wildman–Crippen LogP) is 2.47. The fourth-order valence-corrected chi connectivity index (χ4v) is 1.76. The molecule has 2 rings (SSSR count). The normalized spacial score (nSPS) is 10.3. The average molecular weight is 242 g/mol. The first kappa shape index (κ1) is 12.6. The molecule has 1 aromatic carbocycles. The Bertz CT molecular complexity index is 497. The Morgan fingerprint density at radius 2 is 1.89 bits per heavy atom. The molecule has 3 heteroatoms. The van der Waals surface area contributed by atoms with Gasteiger partial charge in [-0.3, -0.25) is 4.98 Å². The summed E-state index contributed by atoms with van der Waals surface area (Å²) in [6, 6.07) is 10.1. The molecule has 0 aliphatic heterocycles. The van der Waals surface area contributed by atoms with Crippen LogP contribution in [0, 0.1) is 6.92 Å². The van der Waals surface area contributed by atoms with Crippen molar-refractivity contribution in [2.45, 2.75) is 19.9 Å². The van der Waals surface area contributed by atoms with Crippen LogP contribution in [0.3, 0.4) is 0 Å². The van der Waals surface area contributed by atoms with Crippen molar-refractivity contribution in [2.24, 2.45) is 5.73 Å². The van der Waals surface area contributed by atoms with Crippen molar-refractivity contribution in [1.29, 1.82) is 0 Å². The van der Waals surface area contributed by atoms with Gasteiger partial charge in [0.2, 0.25) is 0 Å². The summed E-state index contributed by atoms with van der Waals surface area (Å²) in [6.45, 7) is 3.25. The molecular weight excluding hydrogens is 224 g/mol. The van der Waals surface area contributed by atoms with Gasteiger partial charge < -0.3 is 10.5 Å². The van der Waals surface area contributed by atoms with E-state index >= 15 is 0 Å². The molecule has 0 atom stereocenters. The van der Waals surface area contributed by atoms with Crippen LogP contribution in [0.4, 0.5) is 0 Å². The SMILES string of the molecule is Cc1ccc(CN)cc1OCCc1ccncc1. The van der Waals surface area contributed by atoms with Gasteiger partial charge in [-0.2, -0.15) is 0 Å². The number of rotatable bonds is 5. The molecule has 0 bridgehead atoms. The summed E-state index contributed by atoms with van der Waals surface area (Å²) in [4.78, 5) is 3.99. The molecule has 2 N–H and O–H groups in total. The maximum Gasteiger partial charge on any atom is 0.122 e. The zero-order valence-corrected chi connectivity index (χ0v) is 10.6. The molecule has 0 amide bonds. The molecule has 1 aromatic heterocycles. The Labute approximate surface area is 108 Å². The molecule has 0 aliphatic rings. The van der Waals surface area contributed by atoms with Gasteiger partial charge in [0, 0.05) is 25.4 Å². The summed E-state index contributed by atoms with van der Waals surface area (Å²) < 4.78 is 5.81. The van der Waals surface area contributed by atoms with Gasteiger partial charge in [0.05, 0.1) is 6.61 Å². The highest BCUT2D eigenvalue weighted by atomic mass is 16.5. The number of hydrogen-bond donors (Lipinski definition) is 1. The zero-order valence-electron chi connectivity index (χ0n) is 10.6. The number of ether oxygens (including phenoxy) is 1. The summed E-state index contributed by atoms with van der Waals surface area (Å²) in [7, 11) is 0. The van der Waals surface area contributed by atoms with Gasteiger partial charge in [-0.05, 0) is 41.8 Å². The average Bonchev–Trinajstić information content (AvgIpc) is 2.42. The minimum absolute atomic E-state index is 0.543. The van der Waals surface area contributed by atoms with Gasteiger partial charge >= 0.3 is 0 Å². The van der Waals surface area contributed by atoms with Crippen LogP contribution in [-0.4, -0.2) is 11.6 Å². The van der Waals surface area contributed by atoms with Crippen LogP contribution in [0.15, 0.2) is 42.7 Å². The lowest BCUT2D eigenvalue weighted by Crippen LogP contribution is -2.04. The molecule has 2 aromatic rings. The highest BCUT2D eigenvalue weighted by Gasteiger charge is 2.01. The third-order valence-electron chi connectivity index (χ3n) is 2.89. The molecule has 0 saturated heterocycles. The number of nitrogens with two attached hydrogens (primary N) is 1. The molecule has 18 heavy (non-hydrogen) atoms. The lowest BCUT2D eigenvalue weighted by Gasteiger charge is -2.10. The van der Waals surface area contributed by atoms with E-state index in [1.165, 1.54) is 5.56 Å². The number of pyridine rings is 1. The molecule has 0 unspecified atom stereocenters. The number of aromatic nitrogens is 1. The summed E-state index contributed by atoms with van der Waals surface area (Å²) in [5.41, 5.74) is 9.10. The Morgan fingerprint density at radius 3 is 2.61 bits per heavy atom. The molecule has 0 spiro atoms. The predicted molar refractivity (Wildman–Crippen MR) is 72.5 cm³/mol. The van der Waals surface area contributed by atoms with E-state index in [0.717, 1.165) is 23.3 Å². The molecule has 3 nitrogen and oxygen atoms in total. The second kappa shape index (κ2) is 6.17. The molecule has 0 radical (unpaired) electrons. The van der Waals surface area contributed by atoms with Crippen molar-refractivity contribution in [3.05, 3.63) is 59.4 Å². The maximum absolute atomic E-state index is 5.81. The minimum Gasteiger partial charge on any atom is -0.493 e. The van der Waals surface area contributed by atoms with Crippen LogP contribution >= 0.6 is 0 Å². The smallest absolute Gasteiger partial charge is 0.122 e. The third-order valence-corrected chi connectivity index (χ3v) is 2.89. The van der Waals surface area contributed by atoms with Gasteiger partial charge in [0.1, 0.15) is 5.75 Å². The Morgan fingerprint density at radius 1 is 1.11 bits per heavy atom. The van der Waals surface area contributed by atoms with Crippen molar-refractivity contribution < 1.29 is 4.74 Å². The summed E-state index contributed by atoms with van der Waals surface area (Å²) >= 11 is 0. The van der Waals surface area contributed by atoms with E-state index in [0.29, 0.717) is 13.2 Å². The van der Waals surface area contributed by atoms with Gasteiger partial charge in [0.25, 0.3) is 0 Å². The van der Waals surface area contributed by atoms with Crippen molar-refractivity contribution >= 4 is 0 Å². The van der Waals surface area contributed by atoms with Crippen molar-refractivity contribution in [2.75, 3.05) is 6.61 Å². The van der Waals surface area contributed by atoms with E-state index in [1.807, 2.05) is 37.3 Å². The molecule has 1 heterocycles. The molecular formula is C15H18N2O. The summed E-state index contributed by atoms with van der Waals surface area (Å²) in [6.07, 6.45) is 4.49. The van der Waals surface area contributed by atoms with Gasteiger partial charge in [-0.25, -0.2) is 0 Å². The van der Waals surface area contributed by atoms with Crippen LogP contribution < -0.4 is 10.5 Å². The maximum atomic E-state index is 5.81. The van der Waals surface area contributed by atoms with E-state index < -0.39 is 0 Å². The van der Waals surface area contributed by atoms with Crippen LogP contribution in [0.2, 0.25) is 0 Å². The minimum atomic E-state index is 0.543. The van der Waals surface area contributed by atoms with Crippen molar-refractivity contribution in [3.8, 4) is 5.75 Å². The quantitative estimate of drug-likeness (QED) is 0.876. The van der Waals surface area contributed by atoms with Crippen molar-refractivity contribution in [1.82, 2.24) is 4.98 Å². The fraction of sp³-hybridized carbons (Fsp3) is 0.267.